The van der Waals surface area contributed by atoms with Crippen LogP contribution in [0.2, 0.25) is 0 Å². The number of aromatic nitrogens is 3. The van der Waals surface area contributed by atoms with E-state index in [1.54, 1.807) is 24.7 Å². The van der Waals surface area contributed by atoms with Gasteiger partial charge in [-0.25, -0.2) is 9.97 Å². The van der Waals surface area contributed by atoms with Crippen LogP contribution in [0.4, 0.5) is 5.95 Å². The summed E-state index contributed by atoms with van der Waals surface area (Å²) in [5.74, 6) is 0.0756. The van der Waals surface area contributed by atoms with Crippen LogP contribution in [0.25, 0.3) is 6.08 Å². The van der Waals surface area contributed by atoms with E-state index in [-0.39, 0.29) is 11.9 Å². The zero-order valence-electron chi connectivity index (χ0n) is 9.93. The number of halogens is 1. The van der Waals surface area contributed by atoms with Gasteiger partial charge in [0.25, 0.3) is 5.91 Å². The summed E-state index contributed by atoms with van der Waals surface area (Å²) in [6.07, 6.45) is 8.55. The molecule has 2 aromatic heterocycles. The third-order valence-electron chi connectivity index (χ3n) is 2.27. The average molecular weight is 322 g/mol. The van der Waals surface area contributed by atoms with Gasteiger partial charge in [0.1, 0.15) is 5.69 Å². The molecule has 19 heavy (non-hydrogen) atoms. The van der Waals surface area contributed by atoms with Crippen molar-refractivity contribution in [1.82, 2.24) is 20.3 Å². The summed E-state index contributed by atoms with van der Waals surface area (Å²) in [6.45, 7) is 0.417. The standard InChI is InChI=1S/C12H12BrN5O/c13-9-4-10(16-7-9)11(19)15-3-1-2-8-5-17-12(14)18-6-8/h1-2,4-7,16H,3H2,(H,15,19)(H2,14,17,18)/b2-1+. The Morgan fingerprint density at radius 2 is 2.21 bits per heavy atom. The van der Waals surface area contributed by atoms with E-state index in [2.05, 4.69) is 36.2 Å². The largest absolute Gasteiger partial charge is 0.368 e. The van der Waals surface area contributed by atoms with Crippen LogP contribution in [-0.2, 0) is 0 Å². The number of nitrogens with zero attached hydrogens (tertiary/aromatic N) is 2. The number of H-pyrrole nitrogens is 1. The number of carbonyl (C=O) groups is 1. The molecule has 0 fully saturated rings. The number of nitrogens with two attached hydrogens (primary N) is 1. The maximum absolute atomic E-state index is 11.7. The first-order valence-electron chi connectivity index (χ1n) is 5.51. The normalized spacial score (nSPS) is 10.8. The first-order chi connectivity index (χ1) is 9.15. The minimum Gasteiger partial charge on any atom is -0.368 e. The maximum atomic E-state index is 11.7. The van der Waals surface area contributed by atoms with Gasteiger partial charge in [0.05, 0.1) is 0 Å². The third kappa shape index (κ3) is 3.92. The number of carbonyl (C=O) groups excluding carboxylic acids is 1. The lowest BCUT2D eigenvalue weighted by Gasteiger charge is -1.99. The van der Waals surface area contributed by atoms with E-state index in [1.165, 1.54) is 0 Å². The van der Waals surface area contributed by atoms with Crippen molar-refractivity contribution in [1.29, 1.82) is 0 Å². The Bertz CT molecular complexity index is 590. The number of hydrogen-bond donors (Lipinski definition) is 3. The Morgan fingerprint density at radius 3 is 2.84 bits per heavy atom. The molecule has 0 spiro atoms. The van der Waals surface area contributed by atoms with Gasteiger partial charge in [-0.05, 0) is 22.0 Å². The number of anilines is 1. The molecule has 98 valence electrons. The predicted molar refractivity (Wildman–Crippen MR) is 76.3 cm³/mol. The molecule has 0 aromatic carbocycles. The van der Waals surface area contributed by atoms with E-state index in [4.69, 9.17) is 5.73 Å². The summed E-state index contributed by atoms with van der Waals surface area (Å²) in [7, 11) is 0. The second-order valence-corrected chi connectivity index (χ2v) is 4.63. The maximum Gasteiger partial charge on any atom is 0.267 e. The molecule has 2 rings (SSSR count). The van der Waals surface area contributed by atoms with E-state index >= 15 is 0 Å². The summed E-state index contributed by atoms with van der Waals surface area (Å²) >= 11 is 3.27. The number of nitrogens with one attached hydrogen (secondary N) is 2. The minimum atomic E-state index is -0.163. The lowest BCUT2D eigenvalue weighted by Crippen LogP contribution is -2.23. The van der Waals surface area contributed by atoms with Crippen LogP contribution < -0.4 is 11.1 Å². The fourth-order valence-corrected chi connectivity index (χ4v) is 1.72. The molecular weight excluding hydrogens is 310 g/mol. The number of nitrogen functional groups attached to an aromatic ring is 1. The van der Waals surface area contributed by atoms with Crippen LogP contribution in [0.3, 0.4) is 0 Å². The number of amides is 1. The fourth-order valence-electron chi connectivity index (χ4n) is 1.37. The smallest absolute Gasteiger partial charge is 0.267 e. The van der Waals surface area contributed by atoms with Gasteiger partial charge in [0.15, 0.2) is 0 Å². The van der Waals surface area contributed by atoms with Gasteiger partial charge in [-0.2, -0.15) is 0 Å². The first kappa shape index (κ1) is 13.3. The highest BCUT2D eigenvalue weighted by atomic mass is 79.9. The average Bonchev–Trinajstić information content (AvgIpc) is 2.83. The molecule has 0 radical (unpaired) electrons. The van der Waals surface area contributed by atoms with Crippen LogP contribution in [0.5, 0.6) is 0 Å². The quantitative estimate of drug-likeness (QED) is 0.796. The lowest BCUT2D eigenvalue weighted by atomic mass is 10.3. The van der Waals surface area contributed by atoms with Crippen molar-refractivity contribution in [2.75, 3.05) is 12.3 Å². The van der Waals surface area contributed by atoms with Crippen LogP contribution >= 0.6 is 15.9 Å². The molecule has 0 aliphatic rings. The van der Waals surface area contributed by atoms with Crippen molar-refractivity contribution in [2.24, 2.45) is 0 Å². The van der Waals surface area contributed by atoms with Gasteiger partial charge < -0.3 is 16.0 Å². The Kier molecular flexibility index (Phi) is 4.30. The zero-order valence-corrected chi connectivity index (χ0v) is 11.5. The highest BCUT2D eigenvalue weighted by Gasteiger charge is 2.05. The van der Waals surface area contributed by atoms with Gasteiger partial charge in [-0.1, -0.05) is 12.2 Å². The molecular formula is C12H12BrN5O. The molecule has 0 saturated heterocycles. The molecule has 0 bridgehead atoms. The molecule has 0 unspecified atom stereocenters. The van der Waals surface area contributed by atoms with Gasteiger partial charge in [0, 0.05) is 35.2 Å². The van der Waals surface area contributed by atoms with Crippen molar-refractivity contribution in [2.45, 2.75) is 0 Å². The number of rotatable bonds is 4. The molecule has 0 aliphatic heterocycles. The van der Waals surface area contributed by atoms with Crippen LogP contribution in [-0.4, -0.2) is 27.4 Å². The molecule has 6 nitrogen and oxygen atoms in total. The van der Waals surface area contributed by atoms with Crippen LogP contribution in [0, 0.1) is 0 Å². The second-order valence-electron chi connectivity index (χ2n) is 3.72. The van der Waals surface area contributed by atoms with E-state index < -0.39 is 0 Å². The lowest BCUT2D eigenvalue weighted by molar-refractivity contribution is 0.0953. The number of aromatic amines is 1. The van der Waals surface area contributed by atoms with E-state index in [9.17, 15) is 4.79 Å². The van der Waals surface area contributed by atoms with Gasteiger partial charge in [-0.15, -0.1) is 0 Å². The van der Waals surface area contributed by atoms with Crippen molar-refractivity contribution in [3.8, 4) is 0 Å². The highest BCUT2D eigenvalue weighted by Crippen LogP contribution is 2.10. The van der Waals surface area contributed by atoms with Gasteiger partial charge in [-0.3, -0.25) is 4.79 Å². The molecule has 0 aliphatic carbocycles. The molecule has 2 heterocycles. The van der Waals surface area contributed by atoms with Crippen LogP contribution in [0.15, 0.2) is 35.2 Å². The predicted octanol–water partition coefficient (Wildman–Crippen LogP) is 1.59. The molecule has 1 amide bonds. The molecule has 0 saturated carbocycles. The monoisotopic (exact) mass is 321 g/mol. The van der Waals surface area contributed by atoms with E-state index in [0.29, 0.717) is 12.2 Å². The third-order valence-corrected chi connectivity index (χ3v) is 2.73. The minimum absolute atomic E-state index is 0.163. The topological polar surface area (TPSA) is 96.7 Å². The summed E-state index contributed by atoms with van der Waals surface area (Å²) in [5.41, 5.74) is 6.71. The Balaban J connectivity index is 1.83. The Morgan fingerprint density at radius 1 is 1.47 bits per heavy atom. The van der Waals surface area contributed by atoms with Crippen molar-refractivity contribution in [3.05, 3.63) is 46.5 Å². The molecule has 2 aromatic rings. The van der Waals surface area contributed by atoms with Gasteiger partial charge in [0.2, 0.25) is 5.95 Å². The first-order valence-corrected chi connectivity index (χ1v) is 6.30. The van der Waals surface area contributed by atoms with Crippen molar-refractivity contribution < 1.29 is 4.79 Å². The summed E-state index contributed by atoms with van der Waals surface area (Å²) in [4.78, 5) is 22.3. The highest BCUT2D eigenvalue weighted by molar-refractivity contribution is 9.10. The SMILES string of the molecule is Nc1ncc(/C=C/CNC(=O)c2cc(Br)c[nH]2)cn1. The Hall–Kier alpha value is -2.15. The van der Waals surface area contributed by atoms with Gasteiger partial charge >= 0.3 is 0 Å². The zero-order chi connectivity index (χ0) is 13.7. The van der Waals surface area contributed by atoms with Crippen molar-refractivity contribution >= 4 is 33.9 Å². The fraction of sp³-hybridized carbons (Fsp3) is 0.0833. The molecule has 0 atom stereocenters. The summed E-state index contributed by atoms with van der Waals surface area (Å²) in [6, 6.07) is 1.72. The van der Waals surface area contributed by atoms with E-state index in [0.717, 1.165) is 10.0 Å². The summed E-state index contributed by atoms with van der Waals surface area (Å²) < 4.78 is 0.840. The molecule has 7 heteroatoms. The molecule has 4 N–H and O–H groups in total. The van der Waals surface area contributed by atoms with Crippen LogP contribution in [0.1, 0.15) is 16.1 Å². The number of hydrogen-bond acceptors (Lipinski definition) is 4. The second kappa shape index (κ2) is 6.14. The summed E-state index contributed by atoms with van der Waals surface area (Å²) in [5, 5.41) is 2.75. The van der Waals surface area contributed by atoms with E-state index in [1.807, 2.05) is 12.2 Å². The Labute approximate surface area is 118 Å². The van der Waals surface area contributed by atoms with Crippen molar-refractivity contribution in [3.63, 3.8) is 0 Å².